The number of unbranched alkanes of at least 4 members (excludes halogenated alkanes) is 20. The fraction of sp³-hybridized carbons (Fsp3) is 0.612. The Balaban J connectivity index is 3.54. The van der Waals surface area contributed by atoms with Gasteiger partial charge in [-0.15, -0.1) is 0 Å². The van der Waals surface area contributed by atoms with Gasteiger partial charge < -0.3 is 14.6 Å². The molecule has 0 aromatic heterocycles. The van der Waals surface area contributed by atoms with Gasteiger partial charge in [0.2, 0.25) is 0 Å². The van der Waals surface area contributed by atoms with Crippen LogP contribution in [0.4, 0.5) is 0 Å². The van der Waals surface area contributed by atoms with E-state index in [4.69, 9.17) is 9.47 Å². The van der Waals surface area contributed by atoms with Crippen molar-refractivity contribution in [1.82, 2.24) is 0 Å². The van der Waals surface area contributed by atoms with Crippen LogP contribution in [0.1, 0.15) is 245 Å². The average Bonchev–Trinajstić information content (AvgIpc) is 3.38. The van der Waals surface area contributed by atoms with Crippen molar-refractivity contribution in [1.29, 1.82) is 0 Å². The number of aliphatic hydroxyl groups excluding tert-OH is 1. The molecule has 406 valence electrons. The van der Waals surface area contributed by atoms with Crippen molar-refractivity contribution in [2.45, 2.75) is 251 Å². The van der Waals surface area contributed by atoms with E-state index in [2.05, 4.69) is 160 Å². The van der Waals surface area contributed by atoms with Crippen molar-refractivity contribution < 1.29 is 24.2 Å². The highest BCUT2D eigenvalue weighted by Gasteiger charge is 2.16. The second-order valence-corrected chi connectivity index (χ2v) is 19.0. The highest BCUT2D eigenvalue weighted by atomic mass is 16.6. The van der Waals surface area contributed by atoms with Gasteiger partial charge in [0.05, 0.1) is 6.61 Å². The van der Waals surface area contributed by atoms with E-state index in [9.17, 15) is 14.7 Å². The third-order valence-corrected chi connectivity index (χ3v) is 12.1. The monoisotopic (exact) mass is 993 g/mol. The van der Waals surface area contributed by atoms with Crippen molar-refractivity contribution in [3.05, 3.63) is 146 Å². The lowest BCUT2D eigenvalue weighted by atomic mass is 10.0. The summed E-state index contributed by atoms with van der Waals surface area (Å²) in [6.45, 7) is 3.88. The Labute approximate surface area is 444 Å². The second-order valence-electron chi connectivity index (χ2n) is 19.0. The first kappa shape index (κ1) is 67.8. The third kappa shape index (κ3) is 58.4. The molecule has 1 unspecified atom stereocenters. The summed E-state index contributed by atoms with van der Waals surface area (Å²) in [5.74, 6) is -0.645. The Morgan fingerprint density at radius 2 is 0.556 bits per heavy atom. The number of rotatable bonds is 52. The molecule has 72 heavy (non-hydrogen) atoms. The molecule has 5 heteroatoms. The average molecular weight is 994 g/mol. The Hall–Kier alpha value is -4.22. The molecule has 0 aromatic carbocycles. The number of hydrogen-bond acceptors (Lipinski definition) is 5. The zero-order valence-electron chi connectivity index (χ0n) is 46.4. The molecule has 0 heterocycles. The van der Waals surface area contributed by atoms with Gasteiger partial charge in [-0.05, 0) is 116 Å². The molecule has 0 bridgehead atoms. The van der Waals surface area contributed by atoms with Gasteiger partial charge in [-0.25, -0.2) is 0 Å². The van der Waals surface area contributed by atoms with Crippen molar-refractivity contribution in [2.75, 3.05) is 13.2 Å². The molecule has 0 saturated heterocycles. The van der Waals surface area contributed by atoms with Gasteiger partial charge in [-0.3, -0.25) is 9.59 Å². The molecular weight excluding hydrogens is 885 g/mol. The zero-order valence-corrected chi connectivity index (χ0v) is 46.4. The number of carbonyl (C=O) groups is 2. The molecule has 0 aliphatic heterocycles. The van der Waals surface area contributed by atoms with Crippen molar-refractivity contribution in [2.24, 2.45) is 0 Å². The first-order valence-electron chi connectivity index (χ1n) is 29.4. The molecule has 0 radical (unpaired) electrons. The zero-order chi connectivity index (χ0) is 52.0. The Morgan fingerprint density at radius 3 is 0.861 bits per heavy atom. The quantitative estimate of drug-likeness (QED) is 0.0373. The predicted molar refractivity (Wildman–Crippen MR) is 315 cm³/mol. The smallest absolute Gasteiger partial charge is 0.306 e. The van der Waals surface area contributed by atoms with Gasteiger partial charge in [0, 0.05) is 12.8 Å². The van der Waals surface area contributed by atoms with Gasteiger partial charge >= 0.3 is 11.9 Å². The Kier molecular flexibility index (Phi) is 57.5. The number of carbonyl (C=O) groups excluding carboxylic acids is 2. The first-order chi connectivity index (χ1) is 35.6. The number of allylic oxidation sites excluding steroid dienone is 24. The van der Waals surface area contributed by atoms with Crippen molar-refractivity contribution in [3.63, 3.8) is 0 Å². The van der Waals surface area contributed by atoms with Gasteiger partial charge in [-0.1, -0.05) is 262 Å². The minimum absolute atomic E-state index is 0.0953. The van der Waals surface area contributed by atoms with Crippen LogP contribution in [0.2, 0.25) is 0 Å². The van der Waals surface area contributed by atoms with Crippen LogP contribution < -0.4 is 0 Å². The molecule has 0 fully saturated rings. The molecule has 0 aromatic rings. The molecule has 1 atom stereocenters. The van der Waals surface area contributed by atoms with Crippen LogP contribution in [0.3, 0.4) is 0 Å². The van der Waals surface area contributed by atoms with Crippen LogP contribution in [-0.2, 0) is 19.1 Å². The van der Waals surface area contributed by atoms with Crippen LogP contribution in [0.5, 0.6) is 0 Å². The largest absolute Gasteiger partial charge is 0.462 e. The van der Waals surface area contributed by atoms with E-state index in [0.717, 1.165) is 116 Å². The highest BCUT2D eigenvalue weighted by molar-refractivity contribution is 5.70. The summed E-state index contributed by atoms with van der Waals surface area (Å²) >= 11 is 0. The third-order valence-electron chi connectivity index (χ3n) is 12.1. The van der Waals surface area contributed by atoms with Gasteiger partial charge in [-0.2, -0.15) is 0 Å². The van der Waals surface area contributed by atoms with Gasteiger partial charge in [0.25, 0.3) is 0 Å². The van der Waals surface area contributed by atoms with Crippen LogP contribution in [0.25, 0.3) is 0 Å². The van der Waals surface area contributed by atoms with Crippen LogP contribution >= 0.6 is 0 Å². The maximum Gasteiger partial charge on any atom is 0.306 e. The molecule has 0 rings (SSSR count). The molecule has 0 spiro atoms. The summed E-state index contributed by atoms with van der Waals surface area (Å²) in [7, 11) is 0. The number of aliphatic hydroxyl groups is 1. The number of ether oxygens (including phenoxy) is 2. The summed E-state index contributed by atoms with van der Waals surface area (Å²) in [6, 6.07) is 0. The van der Waals surface area contributed by atoms with E-state index in [0.29, 0.717) is 12.8 Å². The van der Waals surface area contributed by atoms with E-state index >= 15 is 0 Å². The predicted octanol–water partition coefficient (Wildman–Crippen LogP) is 20.2. The maximum absolute atomic E-state index is 12.3. The van der Waals surface area contributed by atoms with Crippen molar-refractivity contribution >= 4 is 11.9 Å². The van der Waals surface area contributed by atoms with Crippen LogP contribution in [-0.4, -0.2) is 36.4 Å². The number of hydrogen-bond donors (Lipinski definition) is 1. The van der Waals surface area contributed by atoms with E-state index in [1.807, 2.05) is 0 Å². The van der Waals surface area contributed by atoms with E-state index < -0.39 is 6.10 Å². The lowest BCUT2D eigenvalue weighted by Gasteiger charge is -2.15. The molecule has 5 nitrogen and oxygen atoms in total. The lowest BCUT2D eigenvalue weighted by molar-refractivity contribution is -0.161. The number of esters is 2. The summed E-state index contributed by atoms with van der Waals surface area (Å²) in [5.41, 5.74) is 0. The van der Waals surface area contributed by atoms with Crippen LogP contribution in [0.15, 0.2) is 146 Å². The lowest BCUT2D eigenvalue weighted by Crippen LogP contribution is -2.28. The van der Waals surface area contributed by atoms with Gasteiger partial charge in [0.15, 0.2) is 6.10 Å². The fourth-order valence-electron chi connectivity index (χ4n) is 7.80. The summed E-state index contributed by atoms with van der Waals surface area (Å²) in [6.07, 6.45) is 92.6. The molecule has 0 amide bonds. The highest BCUT2D eigenvalue weighted by Crippen LogP contribution is 2.16. The van der Waals surface area contributed by atoms with Crippen LogP contribution in [0, 0.1) is 0 Å². The van der Waals surface area contributed by atoms with Crippen molar-refractivity contribution in [3.8, 4) is 0 Å². The minimum Gasteiger partial charge on any atom is -0.462 e. The minimum atomic E-state index is -0.800. The first-order valence-corrected chi connectivity index (χ1v) is 29.4. The Bertz CT molecular complexity index is 1540. The topological polar surface area (TPSA) is 72.8 Å². The summed E-state index contributed by atoms with van der Waals surface area (Å²) < 4.78 is 10.7. The Morgan fingerprint density at radius 1 is 0.319 bits per heavy atom. The molecule has 0 aliphatic rings. The van der Waals surface area contributed by atoms with E-state index in [1.165, 1.54) is 103 Å². The SMILES string of the molecule is CC/C=C\C/C=C\C/C=C\C/C=C\C/C=C\C/C=C\CCCCCCCCCCCCCCCCCCCCC(=O)OC(CO)COC(=O)CCCC/C=C\C/C=C\C/C=C\C/C=C\C/C=C\C/C=C\CC. The van der Waals surface area contributed by atoms with E-state index in [1.54, 1.807) is 0 Å². The van der Waals surface area contributed by atoms with Gasteiger partial charge in [0.1, 0.15) is 6.61 Å². The standard InChI is InChI=1S/C67H108O5/c1-3-5-7-9-11-13-15-17-19-21-23-25-26-27-28-29-30-31-32-33-34-35-36-37-38-39-40-42-44-46-48-50-52-54-56-58-60-62-67(70)72-65(63-68)64-71-66(69)61-59-57-55-53-51-49-47-45-43-41-24-22-20-18-16-14-12-10-8-6-4-2/h5-8,11-14,17-20,23-25,27-28,30-31,41,45,47,51,53,65,68H,3-4,9-10,15-16,21-22,26,29,32-40,42-44,46,48-50,52,54-64H2,1-2H3/b7-5-,8-6-,13-11-,14-12-,19-17-,20-18-,25-23-,28-27-,31-30-,41-24-,47-45-,53-51-. The second kappa shape index (κ2) is 61.1. The fourth-order valence-corrected chi connectivity index (χ4v) is 7.80. The summed E-state index contributed by atoms with van der Waals surface area (Å²) in [5, 5.41) is 9.65. The normalized spacial score (nSPS) is 13.3. The maximum atomic E-state index is 12.3. The molecule has 0 saturated carbocycles. The van der Waals surface area contributed by atoms with E-state index in [-0.39, 0.29) is 25.2 Å². The molecular formula is C67H108O5. The molecule has 1 N–H and O–H groups in total. The summed E-state index contributed by atoms with van der Waals surface area (Å²) in [4.78, 5) is 24.5. The molecule has 0 aliphatic carbocycles.